The van der Waals surface area contributed by atoms with Gasteiger partial charge in [0.15, 0.2) is 0 Å². The molecule has 0 bridgehead atoms. The number of nitrogens with one attached hydrogen (secondary N) is 1. The van der Waals surface area contributed by atoms with E-state index in [-0.39, 0.29) is 24.4 Å². The zero-order chi connectivity index (χ0) is 17.8. The SMILES string of the molecule is O=C(NCC(O)Cc1ccc(F)cc1F)c1cccc2ncccc12. The summed E-state index contributed by atoms with van der Waals surface area (Å²) in [6.45, 7) is -0.0493. The number of hydrogen-bond donors (Lipinski definition) is 2. The monoisotopic (exact) mass is 342 g/mol. The van der Waals surface area contributed by atoms with Crippen LogP contribution in [-0.2, 0) is 6.42 Å². The second-order valence-corrected chi connectivity index (χ2v) is 5.68. The minimum atomic E-state index is -0.989. The number of aromatic nitrogens is 1. The maximum absolute atomic E-state index is 13.6. The molecule has 0 spiro atoms. The minimum Gasteiger partial charge on any atom is -0.391 e. The number of aliphatic hydroxyl groups is 1. The minimum absolute atomic E-state index is 0.0243. The zero-order valence-electron chi connectivity index (χ0n) is 13.2. The second-order valence-electron chi connectivity index (χ2n) is 5.68. The van der Waals surface area contributed by atoms with Gasteiger partial charge in [0, 0.05) is 36.2 Å². The fourth-order valence-electron chi connectivity index (χ4n) is 2.62. The molecular weight excluding hydrogens is 326 g/mol. The molecule has 0 fully saturated rings. The van der Waals surface area contributed by atoms with Crippen LogP contribution < -0.4 is 5.32 Å². The number of amides is 1. The lowest BCUT2D eigenvalue weighted by Gasteiger charge is -2.13. The fourth-order valence-corrected chi connectivity index (χ4v) is 2.62. The van der Waals surface area contributed by atoms with Gasteiger partial charge in [0.25, 0.3) is 5.91 Å². The lowest BCUT2D eigenvalue weighted by atomic mass is 10.1. The number of nitrogens with zero attached hydrogens (tertiary/aromatic N) is 1. The average molecular weight is 342 g/mol. The van der Waals surface area contributed by atoms with Crippen LogP contribution in [0.25, 0.3) is 10.9 Å². The molecule has 3 aromatic rings. The van der Waals surface area contributed by atoms with Crippen molar-refractivity contribution in [1.82, 2.24) is 10.3 Å². The average Bonchev–Trinajstić information content (AvgIpc) is 2.61. The summed E-state index contributed by atoms with van der Waals surface area (Å²) >= 11 is 0. The first kappa shape index (κ1) is 17.0. The molecule has 0 aliphatic rings. The number of aliphatic hydroxyl groups excluding tert-OH is 1. The van der Waals surface area contributed by atoms with Crippen molar-refractivity contribution < 1.29 is 18.7 Å². The van der Waals surface area contributed by atoms with Crippen LogP contribution in [0.15, 0.2) is 54.7 Å². The summed E-state index contributed by atoms with van der Waals surface area (Å²) in [5.41, 5.74) is 1.34. The molecule has 3 rings (SSSR count). The van der Waals surface area contributed by atoms with E-state index < -0.39 is 17.7 Å². The summed E-state index contributed by atoms with van der Waals surface area (Å²) in [6.07, 6.45) is 0.631. The van der Waals surface area contributed by atoms with Crippen molar-refractivity contribution in [3.8, 4) is 0 Å². The summed E-state index contributed by atoms with van der Waals surface area (Å²) < 4.78 is 26.5. The summed E-state index contributed by atoms with van der Waals surface area (Å²) in [4.78, 5) is 16.5. The Bertz CT molecular complexity index is 910. The lowest BCUT2D eigenvalue weighted by molar-refractivity contribution is 0.0917. The molecule has 2 N–H and O–H groups in total. The molecular formula is C19H16F2N2O2. The van der Waals surface area contributed by atoms with Gasteiger partial charge in [0.1, 0.15) is 11.6 Å². The van der Waals surface area contributed by atoms with Gasteiger partial charge in [-0.1, -0.05) is 18.2 Å². The number of carbonyl (C=O) groups excluding carboxylic acids is 1. The highest BCUT2D eigenvalue weighted by atomic mass is 19.1. The van der Waals surface area contributed by atoms with Crippen molar-refractivity contribution in [2.45, 2.75) is 12.5 Å². The van der Waals surface area contributed by atoms with Gasteiger partial charge in [0.2, 0.25) is 0 Å². The highest BCUT2D eigenvalue weighted by Crippen LogP contribution is 2.16. The van der Waals surface area contributed by atoms with Gasteiger partial charge in [-0.2, -0.15) is 0 Å². The Balaban J connectivity index is 1.65. The molecule has 0 aliphatic heterocycles. The molecule has 2 aromatic carbocycles. The number of rotatable bonds is 5. The Labute approximate surface area is 143 Å². The quantitative estimate of drug-likeness (QED) is 0.749. The molecule has 0 saturated carbocycles. The van der Waals surface area contributed by atoms with Crippen molar-refractivity contribution in [3.63, 3.8) is 0 Å². The van der Waals surface area contributed by atoms with Crippen LogP contribution in [0.4, 0.5) is 8.78 Å². The van der Waals surface area contributed by atoms with Gasteiger partial charge >= 0.3 is 0 Å². The van der Waals surface area contributed by atoms with E-state index in [4.69, 9.17) is 0 Å². The van der Waals surface area contributed by atoms with Crippen LogP contribution in [-0.4, -0.2) is 28.6 Å². The smallest absolute Gasteiger partial charge is 0.252 e. The first-order valence-corrected chi connectivity index (χ1v) is 7.78. The van der Waals surface area contributed by atoms with Gasteiger partial charge in [-0.05, 0) is 29.8 Å². The van der Waals surface area contributed by atoms with Crippen molar-refractivity contribution in [3.05, 3.63) is 77.5 Å². The standard InChI is InChI=1S/C19H16F2N2O2/c20-13-7-6-12(17(21)10-13)9-14(24)11-23-19(25)16-3-1-5-18-15(16)4-2-8-22-18/h1-8,10,14,24H,9,11H2,(H,23,25). The third-order valence-electron chi connectivity index (χ3n) is 3.86. The summed E-state index contributed by atoms with van der Waals surface area (Å²) in [5, 5.41) is 13.4. The molecule has 0 saturated heterocycles. The first-order chi connectivity index (χ1) is 12.0. The molecule has 128 valence electrons. The molecule has 1 unspecified atom stereocenters. The first-order valence-electron chi connectivity index (χ1n) is 7.78. The van der Waals surface area contributed by atoms with E-state index in [1.165, 1.54) is 6.07 Å². The number of benzene rings is 2. The van der Waals surface area contributed by atoms with Crippen LogP contribution in [0.5, 0.6) is 0 Å². The number of pyridine rings is 1. The van der Waals surface area contributed by atoms with E-state index in [1.54, 1.807) is 36.5 Å². The predicted molar refractivity (Wildman–Crippen MR) is 90.1 cm³/mol. The molecule has 4 nitrogen and oxygen atoms in total. The highest BCUT2D eigenvalue weighted by molar-refractivity contribution is 6.06. The summed E-state index contributed by atoms with van der Waals surface area (Å²) in [5.74, 6) is -1.74. The maximum atomic E-state index is 13.6. The Morgan fingerprint density at radius 2 is 2.00 bits per heavy atom. The lowest BCUT2D eigenvalue weighted by Crippen LogP contribution is -2.33. The van der Waals surface area contributed by atoms with Gasteiger partial charge < -0.3 is 10.4 Å². The van der Waals surface area contributed by atoms with Gasteiger partial charge in [-0.3, -0.25) is 9.78 Å². The number of fused-ring (bicyclic) bond motifs is 1. The van der Waals surface area contributed by atoms with E-state index in [2.05, 4.69) is 10.3 Å². The molecule has 0 radical (unpaired) electrons. The zero-order valence-corrected chi connectivity index (χ0v) is 13.2. The Kier molecular flexibility index (Phi) is 5.00. The number of carbonyl (C=O) groups is 1. The highest BCUT2D eigenvalue weighted by Gasteiger charge is 2.14. The van der Waals surface area contributed by atoms with Crippen LogP contribution in [0, 0.1) is 11.6 Å². The Hall–Kier alpha value is -2.86. The molecule has 1 atom stereocenters. The maximum Gasteiger partial charge on any atom is 0.252 e. The van der Waals surface area contributed by atoms with E-state index in [9.17, 15) is 18.7 Å². The van der Waals surface area contributed by atoms with Crippen molar-refractivity contribution in [2.24, 2.45) is 0 Å². The van der Waals surface area contributed by atoms with E-state index in [1.807, 2.05) is 0 Å². The van der Waals surface area contributed by atoms with Gasteiger partial charge in [-0.25, -0.2) is 8.78 Å². The van der Waals surface area contributed by atoms with Crippen LogP contribution in [0.3, 0.4) is 0 Å². The molecule has 25 heavy (non-hydrogen) atoms. The molecule has 1 aromatic heterocycles. The Morgan fingerprint density at radius 3 is 2.80 bits per heavy atom. The fraction of sp³-hybridized carbons (Fsp3) is 0.158. The molecule has 0 aliphatic carbocycles. The summed E-state index contributed by atoms with van der Waals surface area (Å²) in [6, 6.07) is 11.9. The third-order valence-corrected chi connectivity index (χ3v) is 3.86. The number of halogens is 2. The molecule has 1 heterocycles. The van der Waals surface area contributed by atoms with E-state index in [0.29, 0.717) is 16.5 Å². The van der Waals surface area contributed by atoms with Gasteiger partial charge in [-0.15, -0.1) is 0 Å². The van der Waals surface area contributed by atoms with Crippen LogP contribution in [0.1, 0.15) is 15.9 Å². The van der Waals surface area contributed by atoms with Crippen molar-refractivity contribution >= 4 is 16.8 Å². The third kappa shape index (κ3) is 3.97. The van der Waals surface area contributed by atoms with Crippen LogP contribution >= 0.6 is 0 Å². The van der Waals surface area contributed by atoms with Crippen LogP contribution in [0.2, 0.25) is 0 Å². The van der Waals surface area contributed by atoms with Crippen molar-refractivity contribution in [1.29, 1.82) is 0 Å². The van der Waals surface area contributed by atoms with Crippen molar-refractivity contribution in [2.75, 3.05) is 6.54 Å². The molecule has 6 heteroatoms. The van der Waals surface area contributed by atoms with E-state index in [0.717, 1.165) is 12.1 Å². The largest absolute Gasteiger partial charge is 0.391 e. The molecule has 1 amide bonds. The Morgan fingerprint density at radius 1 is 1.16 bits per heavy atom. The summed E-state index contributed by atoms with van der Waals surface area (Å²) in [7, 11) is 0. The van der Waals surface area contributed by atoms with Gasteiger partial charge in [0.05, 0.1) is 11.6 Å². The predicted octanol–water partition coefficient (Wildman–Crippen LogP) is 2.85. The second kappa shape index (κ2) is 7.36. The van der Waals surface area contributed by atoms with E-state index >= 15 is 0 Å². The number of hydrogen-bond acceptors (Lipinski definition) is 3. The topological polar surface area (TPSA) is 62.2 Å². The normalized spacial score (nSPS) is 12.1.